The predicted molar refractivity (Wildman–Crippen MR) is 63.8 cm³/mol. The molecule has 2 unspecified atom stereocenters. The Labute approximate surface area is 105 Å². The highest BCUT2D eigenvalue weighted by molar-refractivity contribution is 5.92. The van der Waals surface area contributed by atoms with E-state index in [0.29, 0.717) is 30.7 Å². The molecular weight excluding hydrogens is 235 g/mol. The molecule has 2 saturated heterocycles. The van der Waals surface area contributed by atoms with E-state index in [-0.39, 0.29) is 11.7 Å². The van der Waals surface area contributed by atoms with Crippen molar-refractivity contribution in [3.05, 3.63) is 23.4 Å². The summed E-state index contributed by atoms with van der Waals surface area (Å²) in [6.45, 7) is 4.93. The van der Waals surface area contributed by atoms with Crippen molar-refractivity contribution in [1.82, 2.24) is 10.2 Å². The summed E-state index contributed by atoms with van der Waals surface area (Å²) in [5.74, 6) is 0.417. The molecule has 1 aromatic rings. The zero-order chi connectivity index (χ0) is 12.7. The van der Waals surface area contributed by atoms with E-state index in [1.54, 1.807) is 11.8 Å². The molecule has 18 heavy (non-hydrogen) atoms. The Bertz CT molecular complexity index is 460. The van der Waals surface area contributed by atoms with E-state index < -0.39 is 5.82 Å². The molecule has 0 spiro atoms. The molecule has 3 rings (SSSR count). The van der Waals surface area contributed by atoms with Crippen molar-refractivity contribution >= 4 is 5.91 Å². The van der Waals surface area contributed by atoms with Crippen molar-refractivity contribution in [3.8, 4) is 0 Å². The Morgan fingerprint density at radius 2 is 2.11 bits per heavy atom. The van der Waals surface area contributed by atoms with Gasteiger partial charge in [-0.15, -0.1) is 0 Å². The van der Waals surface area contributed by atoms with Crippen LogP contribution in [0.1, 0.15) is 22.7 Å². The third kappa shape index (κ3) is 2.03. The van der Waals surface area contributed by atoms with Crippen molar-refractivity contribution in [1.29, 1.82) is 0 Å². The lowest BCUT2D eigenvalue weighted by Crippen LogP contribution is -2.52. The molecule has 0 radical (unpaired) electrons. The highest BCUT2D eigenvalue weighted by atomic mass is 19.1. The highest BCUT2D eigenvalue weighted by Gasteiger charge is 2.34. The fourth-order valence-corrected chi connectivity index (χ4v) is 3.04. The summed E-state index contributed by atoms with van der Waals surface area (Å²) in [5, 5.41) is 3.37. The quantitative estimate of drug-likeness (QED) is 0.822. The summed E-state index contributed by atoms with van der Waals surface area (Å²) < 4.78 is 18.7. The van der Waals surface area contributed by atoms with Crippen LogP contribution < -0.4 is 5.32 Å². The molecule has 1 amide bonds. The lowest BCUT2D eigenvalue weighted by Gasteiger charge is -2.41. The van der Waals surface area contributed by atoms with Gasteiger partial charge in [0.15, 0.2) is 5.82 Å². The molecule has 2 atom stereocenters. The van der Waals surface area contributed by atoms with E-state index in [4.69, 9.17) is 4.42 Å². The molecule has 2 aliphatic heterocycles. The summed E-state index contributed by atoms with van der Waals surface area (Å²) in [7, 11) is 0. The van der Waals surface area contributed by atoms with Crippen LogP contribution in [0.25, 0.3) is 0 Å². The van der Waals surface area contributed by atoms with Crippen LogP contribution in [0, 0.1) is 24.6 Å². The monoisotopic (exact) mass is 252 g/mol. The number of piperidine rings is 2. The minimum atomic E-state index is -0.550. The standard InChI is InChI=1S/C13H17FN2O2/c1-8-2-11(14)12(18-8)13(17)16-6-9-3-10(7-16)5-15-4-9/h2,9-10,15H,3-7H2,1H3. The number of nitrogens with one attached hydrogen (secondary N) is 1. The second kappa shape index (κ2) is 4.39. The number of amides is 1. The predicted octanol–water partition coefficient (Wildman–Crippen LogP) is 1.41. The number of carbonyl (C=O) groups is 1. The minimum Gasteiger partial charge on any atom is -0.453 e. The number of hydrogen-bond acceptors (Lipinski definition) is 3. The van der Waals surface area contributed by atoms with Gasteiger partial charge in [0, 0.05) is 19.2 Å². The van der Waals surface area contributed by atoms with Crippen LogP contribution in [0.4, 0.5) is 4.39 Å². The molecule has 1 aromatic heterocycles. The average Bonchev–Trinajstić information content (AvgIpc) is 2.67. The van der Waals surface area contributed by atoms with Gasteiger partial charge in [0.05, 0.1) is 0 Å². The maximum atomic E-state index is 13.6. The summed E-state index contributed by atoms with van der Waals surface area (Å²) in [4.78, 5) is 14.0. The van der Waals surface area contributed by atoms with E-state index >= 15 is 0 Å². The van der Waals surface area contributed by atoms with Crippen molar-refractivity contribution in [2.75, 3.05) is 26.2 Å². The molecule has 0 aromatic carbocycles. The van der Waals surface area contributed by atoms with Gasteiger partial charge in [0.25, 0.3) is 5.91 Å². The van der Waals surface area contributed by atoms with Crippen molar-refractivity contribution in [2.45, 2.75) is 13.3 Å². The summed E-state index contributed by atoms with van der Waals surface area (Å²) in [6.07, 6.45) is 1.16. The van der Waals surface area contributed by atoms with Gasteiger partial charge in [-0.25, -0.2) is 4.39 Å². The first-order valence-corrected chi connectivity index (χ1v) is 6.39. The Morgan fingerprint density at radius 1 is 1.44 bits per heavy atom. The van der Waals surface area contributed by atoms with Gasteiger partial charge in [-0.05, 0) is 38.3 Å². The van der Waals surface area contributed by atoms with Gasteiger partial charge in [-0.2, -0.15) is 0 Å². The van der Waals surface area contributed by atoms with E-state index in [1.807, 2.05) is 0 Å². The number of halogens is 1. The van der Waals surface area contributed by atoms with E-state index in [2.05, 4.69) is 5.32 Å². The summed E-state index contributed by atoms with van der Waals surface area (Å²) in [6, 6.07) is 1.26. The molecule has 2 bridgehead atoms. The third-order valence-electron chi connectivity index (χ3n) is 3.78. The first-order chi connectivity index (χ1) is 8.63. The molecule has 5 heteroatoms. The Hall–Kier alpha value is -1.36. The molecule has 4 nitrogen and oxygen atoms in total. The van der Waals surface area contributed by atoms with Crippen LogP contribution in [-0.2, 0) is 0 Å². The van der Waals surface area contributed by atoms with Crippen LogP contribution in [0.3, 0.4) is 0 Å². The molecule has 2 aliphatic rings. The lowest BCUT2D eigenvalue weighted by molar-refractivity contribution is 0.0501. The maximum Gasteiger partial charge on any atom is 0.292 e. The van der Waals surface area contributed by atoms with Gasteiger partial charge in [0.2, 0.25) is 5.76 Å². The van der Waals surface area contributed by atoms with Gasteiger partial charge < -0.3 is 14.6 Å². The molecular formula is C13H17FN2O2. The topological polar surface area (TPSA) is 45.5 Å². The lowest BCUT2D eigenvalue weighted by atomic mass is 9.86. The Morgan fingerprint density at radius 3 is 2.67 bits per heavy atom. The van der Waals surface area contributed by atoms with Crippen molar-refractivity contribution < 1.29 is 13.6 Å². The molecule has 98 valence electrons. The molecule has 0 aliphatic carbocycles. The van der Waals surface area contributed by atoms with Crippen molar-refractivity contribution in [2.24, 2.45) is 11.8 Å². The molecule has 1 N–H and O–H groups in total. The number of fused-ring (bicyclic) bond motifs is 2. The fourth-order valence-electron chi connectivity index (χ4n) is 3.04. The van der Waals surface area contributed by atoms with E-state index in [9.17, 15) is 9.18 Å². The van der Waals surface area contributed by atoms with E-state index in [1.165, 1.54) is 6.07 Å². The van der Waals surface area contributed by atoms with Crippen LogP contribution in [0.5, 0.6) is 0 Å². The van der Waals surface area contributed by atoms with Crippen molar-refractivity contribution in [3.63, 3.8) is 0 Å². The maximum absolute atomic E-state index is 13.6. The number of carbonyl (C=O) groups excluding carboxylic acids is 1. The summed E-state index contributed by atoms with van der Waals surface area (Å²) >= 11 is 0. The number of furan rings is 1. The second-order valence-corrected chi connectivity index (χ2v) is 5.37. The first kappa shape index (κ1) is 11.7. The molecule has 3 heterocycles. The Balaban J connectivity index is 1.78. The number of nitrogens with zero attached hydrogens (tertiary/aromatic N) is 1. The number of hydrogen-bond donors (Lipinski definition) is 1. The fraction of sp³-hybridized carbons (Fsp3) is 0.615. The summed E-state index contributed by atoms with van der Waals surface area (Å²) in [5.41, 5.74) is 0. The minimum absolute atomic E-state index is 0.138. The number of likely N-dealkylation sites (tertiary alicyclic amines) is 1. The average molecular weight is 252 g/mol. The third-order valence-corrected chi connectivity index (χ3v) is 3.78. The van der Waals surface area contributed by atoms with Crippen LogP contribution in [0.15, 0.2) is 10.5 Å². The normalized spacial score (nSPS) is 27.3. The number of rotatable bonds is 1. The van der Waals surface area contributed by atoms with Crippen LogP contribution in [0.2, 0.25) is 0 Å². The van der Waals surface area contributed by atoms with E-state index in [0.717, 1.165) is 19.5 Å². The largest absolute Gasteiger partial charge is 0.453 e. The van der Waals surface area contributed by atoms with Crippen LogP contribution in [-0.4, -0.2) is 37.0 Å². The number of aryl methyl sites for hydroxylation is 1. The highest BCUT2D eigenvalue weighted by Crippen LogP contribution is 2.26. The first-order valence-electron chi connectivity index (χ1n) is 6.39. The van der Waals surface area contributed by atoms with Gasteiger partial charge in [-0.1, -0.05) is 0 Å². The van der Waals surface area contributed by atoms with Crippen LogP contribution >= 0.6 is 0 Å². The molecule has 0 saturated carbocycles. The van der Waals surface area contributed by atoms with Gasteiger partial charge in [0.1, 0.15) is 5.76 Å². The smallest absolute Gasteiger partial charge is 0.292 e. The molecule has 2 fully saturated rings. The van der Waals surface area contributed by atoms with Gasteiger partial charge in [-0.3, -0.25) is 4.79 Å². The Kier molecular flexibility index (Phi) is 2.86. The zero-order valence-electron chi connectivity index (χ0n) is 10.4. The zero-order valence-corrected chi connectivity index (χ0v) is 10.4. The second-order valence-electron chi connectivity index (χ2n) is 5.37. The van der Waals surface area contributed by atoms with Gasteiger partial charge >= 0.3 is 0 Å². The SMILES string of the molecule is Cc1cc(F)c(C(=O)N2CC3CNCC(C3)C2)o1.